The largest absolute Gasteiger partial charge is 0.477 e. The van der Waals surface area contributed by atoms with Crippen molar-refractivity contribution in [2.75, 3.05) is 30.9 Å². The molecule has 0 spiro atoms. The second-order valence-corrected chi connectivity index (χ2v) is 9.07. The molecule has 0 bridgehead atoms. The van der Waals surface area contributed by atoms with Crippen LogP contribution in [0.25, 0.3) is 44.1 Å². The third kappa shape index (κ3) is 3.73. The molecule has 0 aliphatic heterocycles. The molecule has 5 aromatic rings. The maximum Gasteiger partial charge on any atom is 0.341 e. The number of aromatic carboxylic acids is 1. The number of anilines is 2. The van der Waals surface area contributed by atoms with Crippen LogP contribution in [0.5, 0.6) is 0 Å². The lowest BCUT2D eigenvalue weighted by atomic mass is 10.0. The van der Waals surface area contributed by atoms with E-state index in [2.05, 4.69) is 20.3 Å². The lowest BCUT2D eigenvalue weighted by molar-refractivity contribution is 0.0695. The molecule has 0 unspecified atom stereocenters. The van der Waals surface area contributed by atoms with E-state index < -0.39 is 23.0 Å². The molecule has 3 N–H and O–H groups in total. The van der Waals surface area contributed by atoms with E-state index in [9.17, 15) is 19.1 Å². The monoisotopic (exact) mass is 520 g/mol. The molecule has 0 radical (unpaired) electrons. The molecule has 196 valence electrons. The summed E-state index contributed by atoms with van der Waals surface area (Å²) >= 11 is 0. The van der Waals surface area contributed by atoms with Crippen LogP contribution < -0.4 is 15.6 Å². The first-order valence-corrected chi connectivity index (χ1v) is 12.2. The number of nitrogens with one attached hydrogen (secondary N) is 2. The van der Waals surface area contributed by atoms with E-state index in [4.69, 9.17) is 0 Å². The molecule has 0 aliphatic rings. The molecule has 0 aliphatic carbocycles. The second kappa shape index (κ2) is 9.40. The number of halogens is 2. The lowest BCUT2D eigenvalue weighted by Gasteiger charge is -2.23. The van der Waals surface area contributed by atoms with Crippen molar-refractivity contribution in [3.05, 3.63) is 58.1 Å². The Bertz CT molecular complexity index is 1810. The standard InChI is InChI=1S/C27H26F2N6O3/c1-5-7-34(4)23-15(11-31-25-20(23)19-21(29)17(28)9-18(30-3)22(19)33-25)13-8-14-24(36)16(27(37)38)12-35(6-2)26(14)32-10-13/h8-12,30H,5-7H2,1-4H3,(H,31,33)(H,37,38). The van der Waals surface area contributed by atoms with Crippen molar-refractivity contribution in [3.63, 3.8) is 0 Å². The fourth-order valence-electron chi connectivity index (χ4n) is 5.01. The van der Waals surface area contributed by atoms with Crippen molar-refractivity contribution in [1.29, 1.82) is 0 Å². The number of benzene rings is 1. The van der Waals surface area contributed by atoms with Crippen LogP contribution >= 0.6 is 0 Å². The average Bonchev–Trinajstić information content (AvgIpc) is 3.30. The average molecular weight is 521 g/mol. The molecule has 4 aromatic heterocycles. The van der Waals surface area contributed by atoms with E-state index in [1.54, 1.807) is 30.1 Å². The van der Waals surface area contributed by atoms with Crippen molar-refractivity contribution >= 4 is 50.3 Å². The summed E-state index contributed by atoms with van der Waals surface area (Å²) in [5, 5.41) is 13.1. The van der Waals surface area contributed by atoms with Crippen molar-refractivity contribution in [1.82, 2.24) is 19.5 Å². The summed E-state index contributed by atoms with van der Waals surface area (Å²) in [4.78, 5) is 38.9. The first kappa shape index (κ1) is 25.1. The highest BCUT2D eigenvalue weighted by Gasteiger charge is 2.24. The molecule has 5 rings (SSSR count). The van der Waals surface area contributed by atoms with Crippen LogP contribution in [0.4, 0.5) is 20.2 Å². The number of hydrogen-bond donors (Lipinski definition) is 3. The van der Waals surface area contributed by atoms with E-state index in [0.717, 1.165) is 12.5 Å². The topological polar surface area (TPSA) is 116 Å². The molecule has 9 nitrogen and oxygen atoms in total. The van der Waals surface area contributed by atoms with Gasteiger partial charge in [-0.1, -0.05) is 6.92 Å². The van der Waals surface area contributed by atoms with E-state index in [1.807, 2.05) is 25.8 Å². The van der Waals surface area contributed by atoms with E-state index in [-0.39, 0.29) is 16.3 Å². The number of rotatable bonds is 7. The molecule has 0 saturated heterocycles. The predicted molar refractivity (Wildman–Crippen MR) is 144 cm³/mol. The van der Waals surface area contributed by atoms with Gasteiger partial charge in [-0.25, -0.2) is 23.5 Å². The summed E-state index contributed by atoms with van der Waals surface area (Å²) in [6.07, 6.45) is 5.23. The Morgan fingerprint density at radius 3 is 2.61 bits per heavy atom. The van der Waals surface area contributed by atoms with Gasteiger partial charge in [0.2, 0.25) is 5.43 Å². The fraction of sp³-hybridized carbons (Fsp3) is 0.259. The minimum atomic E-state index is -1.33. The minimum absolute atomic E-state index is 0.0619. The number of aromatic amines is 1. The molecule has 1 aromatic carbocycles. The Kier molecular flexibility index (Phi) is 6.22. The molecule has 0 atom stereocenters. The molecule has 0 saturated carbocycles. The smallest absolute Gasteiger partial charge is 0.341 e. The minimum Gasteiger partial charge on any atom is -0.477 e. The summed E-state index contributed by atoms with van der Waals surface area (Å²) in [6, 6.07) is 2.68. The highest BCUT2D eigenvalue weighted by Crippen LogP contribution is 2.43. The summed E-state index contributed by atoms with van der Waals surface area (Å²) < 4.78 is 31.6. The first-order valence-electron chi connectivity index (χ1n) is 12.2. The normalized spacial score (nSPS) is 11.5. The lowest BCUT2D eigenvalue weighted by Crippen LogP contribution is -2.20. The highest BCUT2D eigenvalue weighted by atomic mass is 19.2. The van der Waals surface area contributed by atoms with Crippen LogP contribution in [0.2, 0.25) is 0 Å². The van der Waals surface area contributed by atoms with Gasteiger partial charge in [0, 0.05) is 63.0 Å². The van der Waals surface area contributed by atoms with E-state index in [0.29, 0.717) is 57.8 Å². The van der Waals surface area contributed by atoms with Crippen LogP contribution in [0.1, 0.15) is 30.6 Å². The van der Waals surface area contributed by atoms with Gasteiger partial charge in [-0.3, -0.25) is 4.79 Å². The van der Waals surface area contributed by atoms with Gasteiger partial charge in [0.25, 0.3) is 0 Å². The number of aromatic nitrogens is 4. The molecule has 0 fully saturated rings. The van der Waals surface area contributed by atoms with Crippen molar-refractivity contribution in [2.24, 2.45) is 0 Å². The Balaban J connectivity index is 1.90. The Morgan fingerprint density at radius 1 is 1.18 bits per heavy atom. The van der Waals surface area contributed by atoms with E-state index in [1.165, 1.54) is 6.20 Å². The van der Waals surface area contributed by atoms with Gasteiger partial charge in [-0.2, -0.15) is 0 Å². The zero-order chi connectivity index (χ0) is 27.3. The maximum absolute atomic E-state index is 15.3. The summed E-state index contributed by atoms with van der Waals surface area (Å²) in [5.74, 6) is -3.32. The van der Waals surface area contributed by atoms with Crippen LogP contribution in [-0.2, 0) is 6.54 Å². The molecule has 11 heteroatoms. The zero-order valence-corrected chi connectivity index (χ0v) is 21.3. The SMILES string of the molecule is CCCN(C)c1c(-c2cnc3c(c2)c(=O)c(C(=O)O)cn3CC)cnc2[nH]c3c(NC)cc(F)c(F)c3c12. The number of fused-ring (bicyclic) bond motifs is 4. The van der Waals surface area contributed by atoms with Crippen LogP contribution in [-0.4, -0.2) is 51.2 Å². The first-order chi connectivity index (χ1) is 18.2. The van der Waals surface area contributed by atoms with Crippen LogP contribution in [0, 0.1) is 11.6 Å². The van der Waals surface area contributed by atoms with Gasteiger partial charge in [0.1, 0.15) is 16.9 Å². The molecular weight excluding hydrogens is 494 g/mol. The van der Waals surface area contributed by atoms with Gasteiger partial charge in [0.15, 0.2) is 11.6 Å². The number of pyridine rings is 3. The van der Waals surface area contributed by atoms with Gasteiger partial charge >= 0.3 is 5.97 Å². The van der Waals surface area contributed by atoms with Crippen molar-refractivity contribution < 1.29 is 18.7 Å². The number of H-pyrrole nitrogens is 1. The molecule has 38 heavy (non-hydrogen) atoms. The summed E-state index contributed by atoms with van der Waals surface area (Å²) in [7, 11) is 3.47. The Labute approximate surface area is 215 Å². The third-order valence-corrected chi connectivity index (χ3v) is 6.77. The molecular formula is C27H26F2N6O3. The number of carbonyl (C=O) groups is 1. The van der Waals surface area contributed by atoms with Crippen molar-refractivity contribution in [3.8, 4) is 11.1 Å². The summed E-state index contributed by atoms with van der Waals surface area (Å²) in [6.45, 7) is 4.84. The van der Waals surface area contributed by atoms with Gasteiger partial charge in [-0.05, 0) is 19.4 Å². The number of carboxylic acids is 1. The van der Waals surface area contributed by atoms with E-state index >= 15 is 4.39 Å². The maximum atomic E-state index is 15.3. The number of nitrogens with zero attached hydrogens (tertiary/aromatic N) is 4. The molecule has 0 amide bonds. The number of hydrogen-bond acceptors (Lipinski definition) is 6. The fourth-order valence-corrected chi connectivity index (χ4v) is 5.01. The van der Waals surface area contributed by atoms with Gasteiger partial charge < -0.3 is 24.9 Å². The quantitative estimate of drug-likeness (QED) is 0.277. The summed E-state index contributed by atoms with van der Waals surface area (Å²) in [5.41, 5.74) is 2.10. The van der Waals surface area contributed by atoms with Crippen LogP contribution in [0.3, 0.4) is 0 Å². The van der Waals surface area contributed by atoms with Gasteiger partial charge in [-0.15, -0.1) is 0 Å². The Morgan fingerprint density at radius 2 is 1.95 bits per heavy atom. The van der Waals surface area contributed by atoms with Crippen molar-refractivity contribution in [2.45, 2.75) is 26.8 Å². The second-order valence-electron chi connectivity index (χ2n) is 9.07. The number of aryl methyl sites for hydroxylation is 1. The highest BCUT2D eigenvalue weighted by molar-refractivity contribution is 6.18. The Hall–Kier alpha value is -4.54. The number of carboxylic acid groups (broad SMARTS) is 1. The van der Waals surface area contributed by atoms with Gasteiger partial charge in [0.05, 0.1) is 33.1 Å². The zero-order valence-electron chi connectivity index (χ0n) is 21.3. The molecule has 4 heterocycles. The predicted octanol–water partition coefficient (Wildman–Crippen LogP) is 4.98. The third-order valence-electron chi connectivity index (χ3n) is 6.77. The van der Waals surface area contributed by atoms with Crippen LogP contribution in [0.15, 0.2) is 35.5 Å².